The summed E-state index contributed by atoms with van der Waals surface area (Å²) in [5, 5.41) is 0. The van der Waals surface area contributed by atoms with Crippen molar-refractivity contribution in [2.45, 2.75) is 32.4 Å². The first-order valence-corrected chi connectivity index (χ1v) is 9.11. The molecule has 26 heavy (non-hydrogen) atoms. The lowest BCUT2D eigenvalue weighted by Gasteiger charge is -2.23. The van der Waals surface area contributed by atoms with Gasteiger partial charge < -0.3 is 4.74 Å². The van der Waals surface area contributed by atoms with Crippen LogP contribution in [0.1, 0.15) is 24.0 Å². The summed E-state index contributed by atoms with van der Waals surface area (Å²) in [6.07, 6.45) is 1.89. The first kappa shape index (κ1) is 18.4. The highest BCUT2D eigenvalue weighted by atomic mass is 16.7. The lowest BCUT2D eigenvalue weighted by atomic mass is 10.1. The minimum Gasteiger partial charge on any atom is -0.491 e. The van der Waals surface area contributed by atoms with Crippen molar-refractivity contribution in [2.24, 2.45) is 0 Å². The zero-order chi connectivity index (χ0) is 18.2. The third kappa shape index (κ3) is 5.31. The summed E-state index contributed by atoms with van der Waals surface area (Å²) in [6, 6.07) is 17.8. The van der Waals surface area contributed by atoms with Crippen molar-refractivity contribution in [3.05, 3.63) is 65.7 Å². The van der Waals surface area contributed by atoms with E-state index in [9.17, 15) is 4.79 Å². The van der Waals surface area contributed by atoms with E-state index in [1.54, 1.807) is 0 Å². The van der Waals surface area contributed by atoms with E-state index < -0.39 is 0 Å². The van der Waals surface area contributed by atoms with Crippen molar-refractivity contribution in [3.8, 4) is 5.75 Å². The molecule has 0 spiro atoms. The Morgan fingerprint density at radius 1 is 1.15 bits per heavy atom. The minimum absolute atomic E-state index is 0.0742. The van der Waals surface area contributed by atoms with Crippen LogP contribution in [0.2, 0.25) is 0 Å². The second-order valence-corrected chi connectivity index (χ2v) is 6.59. The Kier molecular flexibility index (Phi) is 6.63. The molecular formula is C21H26N2O3. The number of aryl methyl sites for hydroxylation is 1. The molecular weight excluding hydrogens is 328 g/mol. The molecule has 1 heterocycles. The van der Waals surface area contributed by atoms with Crippen molar-refractivity contribution < 1.29 is 14.4 Å². The van der Waals surface area contributed by atoms with E-state index in [1.165, 1.54) is 11.1 Å². The molecule has 0 aromatic heterocycles. The fourth-order valence-corrected chi connectivity index (χ4v) is 3.27. The average Bonchev–Trinajstić information content (AvgIpc) is 3.10. The Morgan fingerprint density at radius 3 is 2.81 bits per heavy atom. The predicted molar refractivity (Wildman–Crippen MR) is 101 cm³/mol. The first-order valence-electron chi connectivity index (χ1n) is 9.11. The van der Waals surface area contributed by atoms with Crippen LogP contribution in [0.5, 0.6) is 5.75 Å². The average molecular weight is 354 g/mol. The Labute approximate surface area is 154 Å². The standard InChI is InChI=1S/C21H26N2O3/c1-17-7-5-8-18(15-17)16-23-12-6-11-20(23)21(24)22-26-14-13-25-19-9-3-2-4-10-19/h2-5,7-10,15,20H,6,11-14,16H2,1H3,(H,22,24). The van der Waals surface area contributed by atoms with Gasteiger partial charge in [-0.1, -0.05) is 48.0 Å². The van der Waals surface area contributed by atoms with Gasteiger partial charge in [-0.2, -0.15) is 0 Å². The van der Waals surface area contributed by atoms with Crippen molar-refractivity contribution in [3.63, 3.8) is 0 Å². The summed E-state index contributed by atoms with van der Waals surface area (Å²) in [5.74, 6) is 0.720. The summed E-state index contributed by atoms with van der Waals surface area (Å²) < 4.78 is 5.54. The molecule has 138 valence electrons. The third-order valence-corrected chi connectivity index (χ3v) is 4.50. The van der Waals surface area contributed by atoms with Crippen molar-refractivity contribution in [1.82, 2.24) is 10.4 Å². The summed E-state index contributed by atoms with van der Waals surface area (Å²) in [6.45, 7) is 4.51. The summed E-state index contributed by atoms with van der Waals surface area (Å²) in [4.78, 5) is 19.9. The van der Waals surface area contributed by atoms with Crippen LogP contribution in [0, 0.1) is 6.92 Å². The molecule has 5 nitrogen and oxygen atoms in total. The van der Waals surface area contributed by atoms with E-state index >= 15 is 0 Å². The smallest absolute Gasteiger partial charge is 0.260 e. The summed E-state index contributed by atoms with van der Waals surface area (Å²) in [5.41, 5.74) is 5.06. The molecule has 2 aromatic carbocycles. The highest BCUT2D eigenvalue weighted by molar-refractivity contribution is 5.81. The number of amides is 1. The topological polar surface area (TPSA) is 50.8 Å². The van der Waals surface area contributed by atoms with E-state index in [0.717, 1.165) is 31.7 Å². The number of nitrogens with one attached hydrogen (secondary N) is 1. The van der Waals surface area contributed by atoms with Crippen LogP contribution in [0.25, 0.3) is 0 Å². The number of rotatable bonds is 8. The number of nitrogens with zero attached hydrogens (tertiary/aromatic N) is 1. The maximum atomic E-state index is 12.4. The third-order valence-electron chi connectivity index (χ3n) is 4.50. The van der Waals surface area contributed by atoms with Crippen molar-refractivity contribution in [2.75, 3.05) is 19.8 Å². The molecule has 1 aliphatic heterocycles. The van der Waals surface area contributed by atoms with Crippen LogP contribution in [-0.2, 0) is 16.2 Å². The minimum atomic E-state index is -0.134. The second-order valence-electron chi connectivity index (χ2n) is 6.59. The van der Waals surface area contributed by atoms with Gasteiger partial charge in [0.1, 0.15) is 19.0 Å². The maximum Gasteiger partial charge on any atom is 0.260 e. The van der Waals surface area contributed by atoms with Crippen LogP contribution in [0.3, 0.4) is 0 Å². The van der Waals surface area contributed by atoms with Crippen LogP contribution in [-0.4, -0.2) is 36.6 Å². The van der Waals surface area contributed by atoms with E-state index in [4.69, 9.17) is 9.57 Å². The molecule has 0 saturated carbocycles. The number of likely N-dealkylation sites (tertiary alicyclic amines) is 1. The number of benzene rings is 2. The number of hydrogen-bond donors (Lipinski definition) is 1. The number of hydrogen-bond acceptors (Lipinski definition) is 4. The highest BCUT2D eigenvalue weighted by Crippen LogP contribution is 2.20. The van der Waals surface area contributed by atoms with Gasteiger partial charge in [-0.05, 0) is 44.0 Å². The molecule has 1 atom stereocenters. The molecule has 1 amide bonds. The summed E-state index contributed by atoms with van der Waals surface area (Å²) >= 11 is 0. The molecule has 0 radical (unpaired) electrons. The number of hydroxylamine groups is 1. The lowest BCUT2D eigenvalue weighted by molar-refractivity contribution is -0.138. The summed E-state index contributed by atoms with van der Waals surface area (Å²) in [7, 11) is 0. The SMILES string of the molecule is Cc1cccc(CN2CCCC2C(=O)NOCCOc2ccccc2)c1. The molecule has 0 aliphatic carbocycles. The molecule has 1 N–H and O–H groups in total. The fourth-order valence-electron chi connectivity index (χ4n) is 3.27. The van der Waals surface area contributed by atoms with Gasteiger partial charge in [0.15, 0.2) is 0 Å². The van der Waals surface area contributed by atoms with Crippen LogP contribution < -0.4 is 10.2 Å². The molecule has 3 rings (SSSR count). The zero-order valence-corrected chi connectivity index (χ0v) is 15.2. The van der Waals surface area contributed by atoms with Crippen LogP contribution >= 0.6 is 0 Å². The molecule has 1 aliphatic rings. The van der Waals surface area contributed by atoms with Gasteiger partial charge in [-0.25, -0.2) is 5.48 Å². The number of carbonyl (C=O) groups is 1. The zero-order valence-electron chi connectivity index (χ0n) is 15.2. The number of carbonyl (C=O) groups excluding carboxylic acids is 1. The quantitative estimate of drug-likeness (QED) is 0.585. The molecule has 5 heteroatoms. The molecule has 0 bridgehead atoms. The van der Waals surface area contributed by atoms with E-state index in [2.05, 4.69) is 41.6 Å². The van der Waals surface area contributed by atoms with Crippen molar-refractivity contribution in [1.29, 1.82) is 0 Å². The fraction of sp³-hybridized carbons (Fsp3) is 0.381. The Hall–Kier alpha value is -2.37. The number of ether oxygens (including phenoxy) is 1. The van der Waals surface area contributed by atoms with Gasteiger partial charge in [0.25, 0.3) is 5.91 Å². The van der Waals surface area contributed by atoms with Gasteiger partial charge >= 0.3 is 0 Å². The van der Waals surface area contributed by atoms with E-state index in [0.29, 0.717) is 13.2 Å². The van der Waals surface area contributed by atoms with E-state index in [-0.39, 0.29) is 11.9 Å². The molecule has 2 aromatic rings. The van der Waals surface area contributed by atoms with Gasteiger partial charge in [-0.15, -0.1) is 0 Å². The predicted octanol–water partition coefficient (Wildman–Crippen LogP) is 3.09. The maximum absolute atomic E-state index is 12.4. The normalized spacial score (nSPS) is 17.2. The molecule has 1 saturated heterocycles. The van der Waals surface area contributed by atoms with Gasteiger partial charge in [-0.3, -0.25) is 14.5 Å². The van der Waals surface area contributed by atoms with Gasteiger partial charge in [0.05, 0.1) is 6.04 Å². The van der Waals surface area contributed by atoms with Gasteiger partial charge in [0, 0.05) is 6.54 Å². The first-order chi connectivity index (χ1) is 12.7. The van der Waals surface area contributed by atoms with Crippen molar-refractivity contribution >= 4 is 5.91 Å². The van der Waals surface area contributed by atoms with Crippen LogP contribution in [0.15, 0.2) is 54.6 Å². The largest absolute Gasteiger partial charge is 0.491 e. The number of para-hydroxylation sites is 1. The Morgan fingerprint density at radius 2 is 2.00 bits per heavy atom. The van der Waals surface area contributed by atoms with Crippen LogP contribution in [0.4, 0.5) is 0 Å². The highest BCUT2D eigenvalue weighted by Gasteiger charge is 2.30. The Balaban J connectivity index is 1.40. The molecule has 1 unspecified atom stereocenters. The van der Waals surface area contributed by atoms with E-state index in [1.807, 2.05) is 30.3 Å². The Bertz CT molecular complexity index is 705. The van der Waals surface area contributed by atoms with Gasteiger partial charge in [0.2, 0.25) is 0 Å². The molecule has 1 fully saturated rings. The lowest BCUT2D eigenvalue weighted by Crippen LogP contribution is -2.43. The second kappa shape index (κ2) is 9.36. The monoisotopic (exact) mass is 354 g/mol.